The van der Waals surface area contributed by atoms with Crippen LogP contribution in [0.3, 0.4) is 0 Å². The molecule has 2 aromatic carbocycles. The Balaban J connectivity index is 1.90. The van der Waals surface area contributed by atoms with E-state index in [-0.39, 0.29) is 30.7 Å². The summed E-state index contributed by atoms with van der Waals surface area (Å²) >= 11 is 0. The maximum atomic E-state index is 13.2. The van der Waals surface area contributed by atoms with E-state index in [9.17, 15) is 14.4 Å². The smallest absolute Gasteiger partial charge is 0.340 e. The number of nitrogens with one attached hydrogen (secondary N) is 2. The molecule has 0 unspecified atom stereocenters. The maximum absolute atomic E-state index is 13.2. The first kappa shape index (κ1) is 22.1. The van der Waals surface area contributed by atoms with Gasteiger partial charge in [-0.2, -0.15) is 0 Å². The van der Waals surface area contributed by atoms with E-state index in [0.29, 0.717) is 17.8 Å². The fraction of sp³-hybridized carbons (Fsp3) is 0.292. The van der Waals surface area contributed by atoms with Crippen LogP contribution in [0, 0.1) is 5.92 Å². The number of ether oxygens (including phenoxy) is 1. The van der Waals surface area contributed by atoms with Gasteiger partial charge in [-0.3, -0.25) is 4.79 Å². The van der Waals surface area contributed by atoms with Gasteiger partial charge in [0.1, 0.15) is 0 Å². The van der Waals surface area contributed by atoms with Crippen molar-refractivity contribution in [3.8, 4) is 0 Å². The molecule has 3 rings (SSSR count). The van der Waals surface area contributed by atoms with Gasteiger partial charge in [0, 0.05) is 30.1 Å². The van der Waals surface area contributed by atoms with Crippen LogP contribution in [0.1, 0.15) is 36.7 Å². The fourth-order valence-electron chi connectivity index (χ4n) is 3.45. The van der Waals surface area contributed by atoms with Gasteiger partial charge in [0.05, 0.1) is 17.9 Å². The van der Waals surface area contributed by atoms with Crippen LogP contribution in [-0.2, 0) is 11.3 Å². The zero-order valence-electron chi connectivity index (χ0n) is 18.0. The standard InChI is InChI=1S/C24H27N3O4/c1-4-31-23(29)19-10-6-8-12-21(19)26-24(30)27(14-16(2)3)15-17-13-22(28)25-20-11-7-5-9-18(17)20/h5-13,16H,4,14-15H2,1-3H3,(H,25,28)(H,26,30). The van der Waals surface area contributed by atoms with Gasteiger partial charge in [-0.15, -0.1) is 0 Å². The number of aromatic nitrogens is 1. The molecule has 0 bridgehead atoms. The van der Waals surface area contributed by atoms with Gasteiger partial charge in [0.15, 0.2) is 0 Å². The number of rotatable bonds is 7. The maximum Gasteiger partial charge on any atom is 0.340 e. The monoisotopic (exact) mass is 421 g/mol. The molecule has 0 fully saturated rings. The second kappa shape index (κ2) is 9.93. The molecule has 2 N–H and O–H groups in total. The van der Waals surface area contributed by atoms with Gasteiger partial charge in [-0.25, -0.2) is 9.59 Å². The van der Waals surface area contributed by atoms with Crippen LogP contribution >= 0.6 is 0 Å². The molecule has 0 aliphatic heterocycles. The highest BCUT2D eigenvalue weighted by Crippen LogP contribution is 2.20. The van der Waals surface area contributed by atoms with Crippen molar-refractivity contribution in [3.05, 3.63) is 76.1 Å². The molecule has 0 spiro atoms. The Kier molecular flexibility index (Phi) is 7.07. The Morgan fingerprint density at radius 1 is 1.10 bits per heavy atom. The highest BCUT2D eigenvalue weighted by molar-refractivity contribution is 6.00. The number of hydrogen-bond acceptors (Lipinski definition) is 4. The predicted octanol–water partition coefficient (Wildman–Crippen LogP) is 4.39. The van der Waals surface area contributed by atoms with Crippen LogP contribution in [0.2, 0.25) is 0 Å². The van der Waals surface area contributed by atoms with E-state index in [1.165, 1.54) is 6.07 Å². The van der Waals surface area contributed by atoms with Crippen molar-refractivity contribution in [2.75, 3.05) is 18.5 Å². The first-order chi connectivity index (χ1) is 14.9. The molecule has 0 saturated carbocycles. The van der Waals surface area contributed by atoms with Crippen molar-refractivity contribution in [3.63, 3.8) is 0 Å². The van der Waals surface area contributed by atoms with E-state index >= 15 is 0 Å². The minimum atomic E-state index is -0.491. The molecule has 3 aromatic rings. The quantitative estimate of drug-likeness (QED) is 0.553. The molecule has 7 nitrogen and oxygen atoms in total. The first-order valence-electron chi connectivity index (χ1n) is 10.3. The topological polar surface area (TPSA) is 91.5 Å². The third-order valence-corrected chi connectivity index (χ3v) is 4.73. The number of esters is 1. The molecule has 0 aliphatic rings. The van der Waals surface area contributed by atoms with E-state index in [2.05, 4.69) is 10.3 Å². The highest BCUT2D eigenvalue weighted by atomic mass is 16.5. The van der Waals surface area contributed by atoms with Gasteiger partial charge in [-0.05, 0) is 36.6 Å². The lowest BCUT2D eigenvalue weighted by molar-refractivity contribution is 0.0527. The lowest BCUT2D eigenvalue weighted by Gasteiger charge is -2.26. The van der Waals surface area contributed by atoms with Crippen molar-refractivity contribution in [1.82, 2.24) is 9.88 Å². The van der Waals surface area contributed by atoms with Crippen LogP contribution < -0.4 is 10.9 Å². The number of carbonyl (C=O) groups is 2. The molecule has 0 saturated heterocycles. The lowest BCUT2D eigenvalue weighted by atomic mass is 10.1. The van der Waals surface area contributed by atoms with Crippen molar-refractivity contribution in [2.45, 2.75) is 27.3 Å². The molecular weight excluding hydrogens is 394 g/mol. The molecule has 162 valence electrons. The number of pyridine rings is 1. The lowest BCUT2D eigenvalue weighted by Crippen LogP contribution is -2.37. The minimum absolute atomic E-state index is 0.208. The van der Waals surface area contributed by atoms with Crippen LogP contribution in [-0.4, -0.2) is 35.0 Å². The Morgan fingerprint density at radius 2 is 1.81 bits per heavy atom. The number of amides is 2. The van der Waals surface area contributed by atoms with E-state index in [4.69, 9.17) is 4.74 Å². The molecule has 7 heteroatoms. The second-order valence-corrected chi connectivity index (χ2v) is 7.67. The van der Waals surface area contributed by atoms with E-state index in [1.54, 1.807) is 36.1 Å². The van der Waals surface area contributed by atoms with Gasteiger partial charge >= 0.3 is 12.0 Å². The number of carbonyl (C=O) groups excluding carboxylic acids is 2. The van der Waals surface area contributed by atoms with Crippen LogP contribution in [0.15, 0.2) is 59.4 Å². The first-order valence-corrected chi connectivity index (χ1v) is 10.3. The highest BCUT2D eigenvalue weighted by Gasteiger charge is 2.20. The van der Waals surface area contributed by atoms with Gasteiger partial charge in [-0.1, -0.05) is 44.2 Å². The number of para-hydroxylation sites is 2. The van der Waals surface area contributed by atoms with E-state index < -0.39 is 5.97 Å². The SMILES string of the molecule is CCOC(=O)c1ccccc1NC(=O)N(Cc1cc(=O)[nH]c2ccccc12)CC(C)C. The van der Waals surface area contributed by atoms with Crippen molar-refractivity contribution >= 4 is 28.6 Å². The Bertz CT molecular complexity index is 1140. The van der Waals surface area contributed by atoms with Crippen molar-refractivity contribution in [1.29, 1.82) is 0 Å². The summed E-state index contributed by atoms with van der Waals surface area (Å²) in [6, 6.07) is 15.4. The van der Waals surface area contributed by atoms with Crippen LogP contribution in [0.5, 0.6) is 0 Å². The summed E-state index contributed by atoms with van der Waals surface area (Å²) in [5, 5.41) is 3.72. The zero-order chi connectivity index (χ0) is 22.4. The van der Waals surface area contributed by atoms with E-state index in [0.717, 1.165) is 16.5 Å². The minimum Gasteiger partial charge on any atom is -0.462 e. The molecule has 31 heavy (non-hydrogen) atoms. The molecule has 1 aromatic heterocycles. The average Bonchev–Trinajstić information content (AvgIpc) is 2.73. The number of benzene rings is 2. The van der Waals surface area contributed by atoms with Crippen molar-refractivity contribution in [2.24, 2.45) is 5.92 Å². The molecule has 1 heterocycles. The number of fused-ring (bicyclic) bond motifs is 1. The Labute approximate surface area is 181 Å². The molecule has 2 amide bonds. The normalized spacial score (nSPS) is 10.8. The summed E-state index contributed by atoms with van der Waals surface area (Å²) in [4.78, 5) is 42.0. The molecule has 0 radical (unpaired) electrons. The summed E-state index contributed by atoms with van der Waals surface area (Å²) in [5.41, 5.74) is 1.95. The summed E-state index contributed by atoms with van der Waals surface area (Å²) < 4.78 is 5.09. The predicted molar refractivity (Wildman–Crippen MR) is 121 cm³/mol. The Hall–Kier alpha value is -3.61. The number of aromatic amines is 1. The van der Waals surface area contributed by atoms with E-state index in [1.807, 2.05) is 38.1 Å². The summed E-state index contributed by atoms with van der Waals surface area (Å²) in [6.45, 7) is 6.75. The number of hydrogen-bond donors (Lipinski definition) is 2. The van der Waals surface area contributed by atoms with Gasteiger partial charge in [0.25, 0.3) is 0 Å². The average molecular weight is 421 g/mol. The summed E-state index contributed by atoms with van der Waals surface area (Å²) in [6.07, 6.45) is 0. The molecule has 0 atom stereocenters. The summed E-state index contributed by atoms with van der Waals surface area (Å²) in [7, 11) is 0. The summed E-state index contributed by atoms with van der Waals surface area (Å²) in [5.74, 6) is -0.284. The van der Waals surface area contributed by atoms with Crippen molar-refractivity contribution < 1.29 is 14.3 Å². The number of nitrogens with zero attached hydrogens (tertiary/aromatic N) is 1. The molecule has 0 aliphatic carbocycles. The second-order valence-electron chi connectivity index (χ2n) is 7.67. The van der Waals surface area contributed by atoms with Gasteiger partial charge in [0.2, 0.25) is 5.56 Å². The zero-order valence-corrected chi connectivity index (χ0v) is 18.0. The van der Waals surface area contributed by atoms with Gasteiger partial charge < -0.3 is 19.9 Å². The molecular formula is C24H27N3O4. The number of anilines is 1. The van der Waals surface area contributed by atoms with Crippen LogP contribution in [0.25, 0.3) is 10.9 Å². The Morgan fingerprint density at radius 3 is 2.55 bits per heavy atom. The fourth-order valence-corrected chi connectivity index (χ4v) is 3.45. The largest absolute Gasteiger partial charge is 0.462 e. The third-order valence-electron chi connectivity index (χ3n) is 4.73. The third kappa shape index (κ3) is 5.51. The number of H-pyrrole nitrogens is 1. The number of urea groups is 1. The van der Waals surface area contributed by atoms with Crippen LogP contribution in [0.4, 0.5) is 10.5 Å².